The zero-order valence-corrected chi connectivity index (χ0v) is 11.8. The quantitative estimate of drug-likeness (QED) is 0.860. The maximum absolute atomic E-state index is 11.5. The Morgan fingerprint density at radius 2 is 2.25 bits per heavy atom. The molecule has 0 unspecified atom stereocenters. The van der Waals surface area contributed by atoms with Crippen molar-refractivity contribution in [3.63, 3.8) is 0 Å². The SMILES string of the molecule is COC(=O)c1cc(Br)nn1C(C)(C)CN.Cl. The molecule has 16 heavy (non-hydrogen) atoms. The summed E-state index contributed by atoms with van der Waals surface area (Å²) in [4.78, 5) is 11.5. The van der Waals surface area contributed by atoms with Crippen molar-refractivity contribution < 1.29 is 9.53 Å². The van der Waals surface area contributed by atoms with E-state index in [0.29, 0.717) is 16.8 Å². The number of esters is 1. The lowest BCUT2D eigenvalue weighted by atomic mass is 10.1. The van der Waals surface area contributed by atoms with Crippen LogP contribution in [0, 0.1) is 0 Å². The van der Waals surface area contributed by atoms with Crippen molar-refractivity contribution in [2.24, 2.45) is 5.73 Å². The summed E-state index contributed by atoms with van der Waals surface area (Å²) in [6.07, 6.45) is 0. The molecule has 0 bridgehead atoms. The number of rotatable bonds is 3. The van der Waals surface area contributed by atoms with E-state index < -0.39 is 11.5 Å². The van der Waals surface area contributed by atoms with Crippen LogP contribution >= 0.6 is 28.3 Å². The molecule has 1 aromatic rings. The van der Waals surface area contributed by atoms with Crippen LogP contribution in [0.5, 0.6) is 0 Å². The largest absolute Gasteiger partial charge is 0.464 e. The smallest absolute Gasteiger partial charge is 0.356 e. The van der Waals surface area contributed by atoms with Crippen LogP contribution in [0.2, 0.25) is 0 Å². The lowest BCUT2D eigenvalue weighted by molar-refractivity contribution is 0.0577. The summed E-state index contributed by atoms with van der Waals surface area (Å²) < 4.78 is 6.83. The van der Waals surface area contributed by atoms with Crippen molar-refractivity contribution in [1.82, 2.24) is 9.78 Å². The second-order valence-corrected chi connectivity index (χ2v) is 4.58. The Balaban J connectivity index is 0.00000225. The number of ether oxygens (including phenoxy) is 1. The topological polar surface area (TPSA) is 70.1 Å². The van der Waals surface area contributed by atoms with Crippen molar-refractivity contribution in [3.8, 4) is 0 Å². The Bertz CT molecular complexity index is 379. The normalized spacial score (nSPS) is 10.8. The number of carbonyl (C=O) groups excluding carboxylic acids is 1. The molecule has 5 nitrogen and oxygen atoms in total. The highest BCUT2D eigenvalue weighted by molar-refractivity contribution is 9.10. The van der Waals surface area contributed by atoms with Crippen molar-refractivity contribution in [1.29, 1.82) is 0 Å². The molecule has 0 atom stereocenters. The van der Waals surface area contributed by atoms with E-state index in [1.165, 1.54) is 7.11 Å². The van der Waals surface area contributed by atoms with E-state index in [0.717, 1.165) is 0 Å². The monoisotopic (exact) mass is 311 g/mol. The third-order valence-corrected chi connectivity index (χ3v) is 2.53. The summed E-state index contributed by atoms with van der Waals surface area (Å²) in [5.41, 5.74) is 5.60. The van der Waals surface area contributed by atoms with Gasteiger partial charge in [-0.2, -0.15) is 5.10 Å². The fraction of sp³-hybridized carbons (Fsp3) is 0.556. The minimum absolute atomic E-state index is 0. The molecular weight excluding hydrogens is 297 g/mol. The van der Waals surface area contributed by atoms with Gasteiger partial charge < -0.3 is 10.5 Å². The fourth-order valence-corrected chi connectivity index (χ4v) is 1.53. The number of methoxy groups -OCH3 is 1. The maximum atomic E-state index is 11.5. The van der Waals surface area contributed by atoms with E-state index in [4.69, 9.17) is 5.73 Å². The molecule has 92 valence electrons. The van der Waals surface area contributed by atoms with Crippen molar-refractivity contribution in [3.05, 3.63) is 16.4 Å². The van der Waals surface area contributed by atoms with Gasteiger partial charge in [0.2, 0.25) is 0 Å². The fourth-order valence-electron chi connectivity index (χ4n) is 1.15. The van der Waals surface area contributed by atoms with Crippen molar-refractivity contribution >= 4 is 34.3 Å². The van der Waals surface area contributed by atoms with Crippen LogP contribution in [0.1, 0.15) is 24.3 Å². The van der Waals surface area contributed by atoms with Crippen LogP contribution in [0.25, 0.3) is 0 Å². The molecule has 0 aliphatic heterocycles. The van der Waals surface area contributed by atoms with E-state index in [9.17, 15) is 4.79 Å². The Morgan fingerprint density at radius 1 is 1.69 bits per heavy atom. The third-order valence-electron chi connectivity index (χ3n) is 2.15. The highest BCUT2D eigenvalue weighted by Crippen LogP contribution is 2.20. The van der Waals surface area contributed by atoms with Crippen LogP contribution in [0.4, 0.5) is 0 Å². The number of hydrogen-bond acceptors (Lipinski definition) is 4. The van der Waals surface area contributed by atoms with Gasteiger partial charge in [0.1, 0.15) is 10.3 Å². The average Bonchev–Trinajstić information content (AvgIpc) is 2.60. The van der Waals surface area contributed by atoms with Gasteiger partial charge in [-0.1, -0.05) is 0 Å². The first-order valence-electron chi connectivity index (χ1n) is 4.47. The molecule has 0 radical (unpaired) electrons. The molecule has 0 aromatic carbocycles. The first-order chi connectivity index (χ1) is 6.92. The molecule has 2 N–H and O–H groups in total. The van der Waals surface area contributed by atoms with E-state index in [1.807, 2.05) is 13.8 Å². The van der Waals surface area contributed by atoms with Crippen LogP contribution in [0.15, 0.2) is 10.7 Å². The number of nitrogens with zero attached hydrogens (tertiary/aromatic N) is 2. The molecule has 1 aromatic heterocycles. The summed E-state index contributed by atoms with van der Waals surface area (Å²) >= 11 is 3.22. The van der Waals surface area contributed by atoms with Gasteiger partial charge in [-0.05, 0) is 29.8 Å². The molecule has 0 saturated heterocycles. The Labute approximate surface area is 109 Å². The van der Waals surface area contributed by atoms with E-state index in [1.54, 1.807) is 10.7 Å². The number of carbonyl (C=O) groups is 1. The molecule has 0 amide bonds. The van der Waals surface area contributed by atoms with Gasteiger partial charge >= 0.3 is 5.97 Å². The minimum atomic E-state index is -0.422. The van der Waals surface area contributed by atoms with Crippen LogP contribution < -0.4 is 5.73 Å². The van der Waals surface area contributed by atoms with Gasteiger partial charge in [0.15, 0.2) is 0 Å². The molecule has 1 heterocycles. The zero-order valence-electron chi connectivity index (χ0n) is 9.36. The number of aromatic nitrogens is 2. The van der Waals surface area contributed by atoms with Crippen LogP contribution in [-0.4, -0.2) is 29.4 Å². The highest BCUT2D eigenvalue weighted by Gasteiger charge is 2.26. The van der Waals surface area contributed by atoms with Crippen LogP contribution in [-0.2, 0) is 10.3 Å². The average molecular weight is 313 g/mol. The van der Waals surface area contributed by atoms with Gasteiger partial charge in [-0.25, -0.2) is 4.79 Å². The predicted octanol–water partition coefficient (Wildman–Crippen LogP) is 1.55. The van der Waals surface area contributed by atoms with Crippen molar-refractivity contribution in [2.75, 3.05) is 13.7 Å². The Kier molecular flexibility index (Phi) is 5.44. The summed E-state index contributed by atoms with van der Waals surface area (Å²) in [7, 11) is 1.34. The first-order valence-corrected chi connectivity index (χ1v) is 5.26. The molecule has 0 spiro atoms. The standard InChI is InChI=1S/C9H14BrN3O2.ClH/c1-9(2,5-11)13-6(8(14)15-3)4-7(10)12-13;/h4H,5,11H2,1-3H3;1H. The third kappa shape index (κ3) is 2.96. The van der Waals surface area contributed by atoms with Gasteiger partial charge in [0.05, 0.1) is 12.6 Å². The van der Waals surface area contributed by atoms with Gasteiger partial charge in [0, 0.05) is 12.6 Å². The molecule has 7 heteroatoms. The second-order valence-electron chi connectivity index (χ2n) is 3.77. The summed E-state index contributed by atoms with van der Waals surface area (Å²) in [6.45, 7) is 4.18. The first kappa shape index (κ1) is 15.4. The van der Waals surface area contributed by atoms with Crippen LogP contribution in [0.3, 0.4) is 0 Å². The molecule has 1 rings (SSSR count). The molecule has 0 saturated carbocycles. The van der Waals surface area contributed by atoms with E-state index >= 15 is 0 Å². The lowest BCUT2D eigenvalue weighted by Crippen LogP contribution is -2.38. The van der Waals surface area contributed by atoms with Gasteiger partial charge in [-0.3, -0.25) is 4.68 Å². The zero-order chi connectivity index (χ0) is 11.6. The minimum Gasteiger partial charge on any atom is -0.464 e. The van der Waals surface area contributed by atoms with Gasteiger partial charge in [0.25, 0.3) is 0 Å². The predicted molar refractivity (Wildman–Crippen MR) is 66.9 cm³/mol. The summed E-state index contributed by atoms with van der Waals surface area (Å²) in [5, 5.41) is 4.17. The Hall–Kier alpha value is -0.590. The van der Waals surface area contributed by atoms with E-state index in [2.05, 4.69) is 25.8 Å². The summed E-state index contributed by atoms with van der Waals surface area (Å²) in [6, 6.07) is 1.61. The number of nitrogens with two attached hydrogens (primary N) is 1. The maximum Gasteiger partial charge on any atom is 0.356 e. The highest BCUT2D eigenvalue weighted by atomic mass is 79.9. The lowest BCUT2D eigenvalue weighted by Gasteiger charge is -2.24. The van der Waals surface area contributed by atoms with Gasteiger partial charge in [-0.15, -0.1) is 12.4 Å². The number of hydrogen-bond donors (Lipinski definition) is 1. The second kappa shape index (κ2) is 5.65. The molecule has 0 aliphatic carbocycles. The van der Waals surface area contributed by atoms with Crippen molar-refractivity contribution in [2.45, 2.75) is 19.4 Å². The summed E-state index contributed by atoms with van der Waals surface area (Å²) in [5.74, 6) is -0.422. The number of halogens is 2. The molecule has 0 fully saturated rings. The molecule has 0 aliphatic rings. The molecular formula is C9H15BrClN3O2. The van der Waals surface area contributed by atoms with E-state index in [-0.39, 0.29) is 12.4 Å². The Morgan fingerprint density at radius 3 is 2.69 bits per heavy atom.